The van der Waals surface area contributed by atoms with Gasteiger partial charge in [-0.3, -0.25) is 14.2 Å². The number of aryl methyl sites for hydroxylation is 3. The molecule has 0 aliphatic carbocycles. The second-order valence-corrected chi connectivity index (χ2v) is 9.11. The molecule has 158 valence electrons. The van der Waals surface area contributed by atoms with Crippen molar-refractivity contribution in [2.24, 2.45) is 5.73 Å². The second-order valence-electron chi connectivity index (χ2n) is 7.91. The lowest BCUT2D eigenvalue weighted by atomic mass is 10.0. The molecular weight excluding hydrogens is 406 g/mol. The van der Waals surface area contributed by atoms with E-state index in [1.165, 1.54) is 5.56 Å². The molecule has 2 aromatic carbocycles. The quantitative estimate of drug-likeness (QED) is 0.467. The summed E-state index contributed by atoms with van der Waals surface area (Å²) in [4.78, 5) is 31.7. The van der Waals surface area contributed by atoms with Crippen LogP contribution in [-0.2, 0) is 11.3 Å². The van der Waals surface area contributed by atoms with Gasteiger partial charge < -0.3 is 5.73 Å². The topological polar surface area (TPSA) is 78.0 Å². The number of hydrogen-bond acceptors (Lipinski definition) is 4. The van der Waals surface area contributed by atoms with Crippen molar-refractivity contribution in [3.8, 4) is 22.5 Å². The fourth-order valence-electron chi connectivity index (χ4n) is 3.80. The van der Waals surface area contributed by atoms with Gasteiger partial charge in [-0.05, 0) is 32.8 Å². The first-order valence-corrected chi connectivity index (χ1v) is 11.1. The smallest absolute Gasteiger partial charge is 0.263 e. The van der Waals surface area contributed by atoms with Crippen molar-refractivity contribution in [3.63, 3.8) is 0 Å². The zero-order chi connectivity index (χ0) is 22.1. The van der Waals surface area contributed by atoms with Crippen LogP contribution in [0.1, 0.15) is 28.8 Å². The number of carbonyl (C=O) groups excluding carboxylic acids is 1. The Balaban J connectivity index is 1.95. The zero-order valence-corrected chi connectivity index (χ0v) is 18.8. The molecule has 0 aliphatic heterocycles. The summed E-state index contributed by atoms with van der Waals surface area (Å²) in [5, 5.41) is 0.640. The van der Waals surface area contributed by atoms with Gasteiger partial charge in [-0.25, -0.2) is 4.98 Å². The second kappa shape index (κ2) is 8.47. The lowest BCUT2D eigenvalue weighted by Gasteiger charge is -2.13. The van der Waals surface area contributed by atoms with E-state index in [-0.39, 0.29) is 17.9 Å². The minimum Gasteiger partial charge on any atom is -0.370 e. The molecule has 6 heteroatoms. The van der Waals surface area contributed by atoms with Crippen molar-refractivity contribution in [1.82, 2.24) is 9.55 Å². The Bertz CT molecular complexity index is 1320. The van der Waals surface area contributed by atoms with Crippen LogP contribution >= 0.6 is 11.3 Å². The summed E-state index contributed by atoms with van der Waals surface area (Å²) in [6, 6.07) is 16.2. The number of thiophene rings is 1. The van der Waals surface area contributed by atoms with Crippen LogP contribution in [0.3, 0.4) is 0 Å². The van der Waals surface area contributed by atoms with Gasteiger partial charge in [0, 0.05) is 29.0 Å². The maximum atomic E-state index is 13.8. The van der Waals surface area contributed by atoms with Gasteiger partial charge in [-0.15, -0.1) is 11.3 Å². The number of hydrogen-bond donors (Lipinski definition) is 1. The third-order valence-electron chi connectivity index (χ3n) is 5.44. The largest absolute Gasteiger partial charge is 0.370 e. The molecule has 0 unspecified atom stereocenters. The number of nitrogens with two attached hydrogens (primary N) is 1. The summed E-state index contributed by atoms with van der Waals surface area (Å²) in [6.45, 7) is 6.49. The predicted molar refractivity (Wildman–Crippen MR) is 127 cm³/mol. The van der Waals surface area contributed by atoms with Crippen molar-refractivity contribution in [2.45, 2.75) is 40.2 Å². The number of carbonyl (C=O) groups is 1. The maximum absolute atomic E-state index is 13.8. The summed E-state index contributed by atoms with van der Waals surface area (Å²) < 4.78 is 1.69. The van der Waals surface area contributed by atoms with E-state index in [1.807, 2.05) is 45.0 Å². The van der Waals surface area contributed by atoms with E-state index >= 15 is 0 Å². The molecule has 0 saturated carbocycles. The van der Waals surface area contributed by atoms with Crippen molar-refractivity contribution >= 4 is 27.5 Å². The minimum absolute atomic E-state index is 0.0787. The highest BCUT2D eigenvalue weighted by molar-refractivity contribution is 7.19. The van der Waals surface area contributed by atoms with E-state index in [9.17, 15) is 9.59 Å². The van der Waals surface area contributed by atoms with Crippen molar-refractivity contribution in [3.05, 3.63) is 74.9 Å². The van der Waals surface area contributed by atoms with Crippen LogP contribution in [0.25, 0.3) is 32.7 Å². The molecule has 0 aliphatic rings. The molecule has 1 amide bonds. The third kappa shape index (κ3) is 4.16. The molecule has 0 bridgehead atoms. The van der Waals surface area contributed by atoms with Gasteiger partial charge in [-0.1, -0.05) is 59.7 Å². The monoisotopic (exact) mass is 431 g/mol. The Morgan fingerprint density at radius 2 is 1.55 bits per heavy atom. The third-order valence-corrected chi connectivity index (χ3v) is 6.44. The summed E-state index contributed by atoms with van der Waals surface area (Å²) >= 11 is 1.54. The summed E-state index contributed by atoms with van der Waals surface area (Å²) in [5.41, 5.74) is 10.4. The van der Waals surface area contributed by atoms with Crippen LogP contribution in [0.15, 0.2) is 53.3 Å². The molecule has 4 rings (SSSR count). The molecule has 2 aromatic heterocycles. The number of nitrogens with zero attached hydrogens (tertiary/aromatic N) is 2. The molecule has 0 saturated heterocycles. The van der Waals surface area contributed by atoms with E-state index in [4.69, 9.17) is 10.7 Å². The standard InChI is InChI=1S/C25H25N3O2S/c1-15-6-10-18(11-7-15)21-17(3)31-24-22(21)25(30)28(14-4-5-20(26)29)23(27-24)19-12-8-16(2)9-13-19/h6-13H,4-5,14H2,1-3H3,(H2,26,29). The van der Waals surface area contributed by atoms with Gasteiger partial charge in [-0.2, -0.15) is 0 Å². The number of amides is 1. The van der Waals surface area contributed by atoms with E-state index in [0.717, 1.165) is 32.0 Å². The fourth-order valence-corrected chi connectivity index (χ4v) is 4.84. The Kier molecular flexibility index (Phi) is 5.74. The average Bonchev–Trinajstić information content (AvgIpc) is 3.07. The van der Waals surface area contributed by atoms with Crippen LogP contribution in [0.5, 0.6) is 0 Å². The lowest BCUT2D eigenvalue weighted by Crippen LogP contribution is -2.24. The number of rotatable bonds is 6. The fraction of sp³-hybridized carbons (Fsp3) is 0.240. The van der Waals surface area contributed by atoms with Crippen LogP contribution in [0.2, 0.25) is 0 Å². The number of primary amides is 1. The van der Waals surface area contributed by atoms with Crippen LogP contribution in [0.4, 0.5) is 0 Å². The molecule has 0 fully saturated rings. The molecular formula is C25H25N3O2S. The van der Waals surface area contributed by atoms with Gasteiger partial charge in [0.15, 0.2) is 0 Å². The first-order valence-electron chi connectivity index (χ1n) is 10.3. The highest BCUT2D eigenvalue weighted by Gasteiger charge is 2.20. The Labute approximate surface area is 185 Å². The molecule has 0 spiro atoms. The first kappa shape index (κ1) is 21.0. The Hall–Kier alpha value is -3.25. The van der Waals surface area contributed by atoms with Crippen LogP contribution in [-0.4, -0.2) is 15.5 Å². The van der Waals surface area contributed by atoms with Gasteiger partial charge in [0.1, 0.15) is 10.7 Å². The predicted octanol–water partition coefficient (Wildman–Crippen LogP) is 4.98. The molecule has 4 aromatic rings. The van der Waals surface area contributed by atoms with Crippen LogP contribution < -0.4 is 11.3 Å². The summed E-state index contributed by atoms with van der Waals surface area (Å²) in [7, 11) is 0. The molecule has 31 heavy (non-hydrogen) atoms. The van der Waals surface area contributed by atoms with Gasteiger partial charge in [0.2, 0.25) is 5.91 Å². The van der Waals surface area contributed by atoms with Gasteiger partial charge in [0.25, 0.3) is 5.56 Å². The van der Waals surface area contributed by atoms with E-state index in [1.54, 1.807) is 15.9 Å². The summed E-state index contributed by atoms with van der Waals surface area (Å²) in [5.74, 6) is 0.254. The molecule has 2 heterocycles. The van der Waals surface area contributed by atoms with Crippen molar-refractivity contribution in [1.29, 1.82) is 0 Å². The number of benzene rings is 2. The van der Waals surface area contributed by atoms with Crippen molar-refractivity contribution in [2.75, 3.05) is 0 Å². The van der Waals surface area contributed by atoms with Crippen LogP contribution in [0, 0.1) is 20.8 Å². The van der Waals surface area contributed by atoms with E-state index in [0.29, 0.717) is 24.2 Å². The zero-order valence-electron chi connectivity index (χ0n) is 17.9. The Morgan fingerprint density at radius 1 is 0.968 bits per heavy atom. The number of fused-ring (bicyclic) bond motifs is 1. The normalized spacial score (nSPS) is 11.2. The maximum Gasteiger partial charge on any atom is 0.263 e. The lowest BCUT2D eigenvalue weighted by molar-refractivity contribution is -0.118. The highest BCUT2D eigenvalue weighted by atomic mass is 32.1. The van der Waals surface area contributed by atoms with Gasteiger partial charge >= 0.3 is 0 Å². The SMILES string of the molecule is Cc1ccc(-c2c(C)sc3nc(-c4ccc(C)cc4)n(CCCC(N)=O)c(=O)c23)cc1. The average molecular weight is 432 g/mol. The van der Waals surface area contributed by atoms with Crippen molar-refractivity contribution < 1.29 is 4.79 Å². The molecule has 0 radical (unpaired) electrons. The highest BCUT2D eigenvalue weighted by Crippen LogP contribution is 2.36. The van der Waals surface area contributed by atoms with E-state index < -0.39 is 0 Å². The molecule has 5 nitrogen and oxygen atoms in total. The number of aromatic nitrogens is 2. The summed E-state index contributed by atoms with van der Waals surface area (Å²) in [6.07, 6.45) is 0.718. The Morgan fingerprint density at radius 3 is 2.13 bits per heavy atom. The molecule has 0 atom stereocenters. The van der Waals surface area contributed by atoms with E-state index in [2.05, 4.69) is 24.3 Å². The minimum atomic E-state index is -0.370. The first-order chi connectivity index (χ1) is 14.8. The molecule has 2 N–H and O–H groups in total. The van der Waals surface area contributed by atoms with Gasteiger partial charge in [0.05, 0.1) is 5.39 Å².